The maximum absolute atomic E-state index is 11.7. The number of amides is 1. The number of carbonyl (C=O) groups excluding carboxylic acids is 1. The van der Waals surface area contributed by atoms with Crippen LogP contribution in [0.2, 0.25) is 0 Å². The quantitative estimate of drug-likeness (QED) is 0.840. The SMILES string of the molecule is CCCCS(=O)(=O)NCc1ccc2c(c1)CCC(=O)N2. The molecule has 0 unspecified atom stereocenters. The molecule has 0 saturated heterocycles. The number of hydrogen-bond donors (Lipinski definition) is 2. The lowest BCUT2D eigenvalue weighted by atomic mass is 10.0. The third-order valence-electron chi connectivity index (χ3n) is 3.33. The van der Waals surface area contributed by atoms with Crippen molar-refractivity contribution >= 4 is 21.6 Å². The number of fused-ring (bicyclic) bond motifs is 1. The summed E-state index contributed by atoms with van der Waals surface area (Å²) in [5.41, 5.74) is 2.81. The fourth-order valence-corrected chi connectivity index (χ4v) is 3.35. The van der Waals surface area contributed by atoms with Crippen molar-refractivity contribution in [2.75, 3.05) is 11.1 Å². The van der Waals surface area contributed by atoms with E-state index in [1.165, 1.54) is 0 Å². The van der Waals surface area contributed by atoms with Gasteiger partial charge in [0.25, 0.3) is 0 Å². The third-order valence-corrected chi connectivity index (χ3v) is 4.74. The molecule has 2 rings (SSSR count). The van der Waals surface area contributed by atoms with Gasteiger partial charge in [0.1, 0.15) is 0 Å². The van der Waals surface area contributed by atoms with E-state index in [0.29, 0.717) is 25.8 Å². The fraction of sp³-hybridized carbons (Fsp3) is 0.500. The third kappa shape index (κ3) is 4.05. The number of carbonyl (C=O) groups is 1. The number of aryl methyl sites for hydroxylation is 1. The molecule has 0 fully saturated rings. The summed E-state index contributed by atoms with van der Waals surface area (Å²) in [5.74, 6) is 0.204. The minimum atomic E-state index is -3.19. The number of hydrogen-bond acceptors (Lipinski definition) is 3. The highest BCUT2D eigenvalue weighted by Crippen LogP contribution is 2.23. The molecule has 0 bridgehead atoms. The van der Waals surface area contributed by atoms with Gasteiger partial charge >= 0.3 is 0 Å². The minimum absolute atomic E-state index is 0.0329. The van der Waals surface area contributed by atoms with Gasteiger partial charge in [0, 0.05) is 18.7 Å². The monoisotopic (exact) mass is 296 g/mol. The summed E-state index contributed by atoms with van der Waals surface area (Å²) < 4.78 is 26.1. The predicted octanol–water partition coefficient (Wildman–Crippen LogP) is 1.79. The Morgan fingerprint density at radius 1 is 1.30 bits per heavy atom. The summed E-state index contributed by atoms with van der Waals surface area (Å²) in [6.07, 6.45) is 2.72. The van der Waals surface area contributed by atoms with Gasteiger partial charge in [-0.1, -0.05) is 25.5 Å². The standard InChI is InChI=1S/C14H20N2O3S/c1-2-3-8-20(18,19)15-10-11-4-6-13-12(9-11)5-7-14(17)16-13/h4,6,9,15H,2-3,5,7-8,10H2,1H3,(H,16,17). The molecule has 1 amide bonds. The molecule has 1 aliphatic rings. The highest BCUT2D eigenvalue weighted by molar-refractivity contribution is 7.89. The van der Waals surface area contributed by atoms with Crippen molar-refractivity contribution in [1.82, 2.24) is 4.72 Å². The van der Waals surface area contributed by atoms with Gasteiger partial charge in [0.05, 0.1) is 5.75 Å². The molecule has 1 heterocycles. The number of unbranched alkanes of at least 4 members (excludes halogenated alkanes) is 1. The molecule has 20 heavy (non-hydrogen) atoms. The van der Waals surface area contributed by atoms with Crippen LogP contribution in [0.5, 0.6) is 0 Å². The summed E-state index contributed by atoms with van der Waals surface area (Å²) in [5, 5.41) is 2.81. The van der Waals surface area contributed by atoms with Crippen molar-refractivity contribution < 1.29 is 13.2 Å². The van der Waals surface area contributed by atoms with E-state index in [1.807, 2.05) is 25.1 Å². The molecule has 6 heteroatoms. The van der Waals surface area contributed by atoms with E-state index in [0.717, 1.165) is 23.2 Å². The van der Waals surface area contributed by atoms with Gasteiger partial charge in [-0.25, -0.2) is 13.1 Å². The van der Waals surface area contributed by atoms with Crippen LogP contribution >= 0.6 is 0 Å². The number of nitrogens with one attached hydrogen (secondary N) is 2. The molecule has 0 atom stereocenters. The van der Waals surface area contributed by atoms with Crippen LogP contribution in [-0.4, -0.2) is 20.1 Å². The fourth-order valence-electron chi connectivity index (χ4n) is 2.15. The van der Waals surface area contributed by atoms with Crippen LogP contribution < -0.4 is 10.0 Å². The highest BCUT2D eigenvalue weighted by Gasteiger charge is 2.15. The number of benzene rings is 1. The van der Waals surface area contributed by atoms with Crippen LogP contribution in [-0.2, 0) is 27.8 Å². The first kappa shape index (κ1) is 15.0. The Kier molecular flexibility index (Phi) is 4.77. The number of sulfonamides is 1. The van der Waals surface area contributed by atoms with Gasteiger partial charge in [-0.15, -0.1) is 0 Å². The maximum Gasteiger partial charge on any atom is 0.224 e. The Balaban J connectivity index is 1.99. The van der Waals surface area contributed by atoms with Gasteiger partial charge in [-0.2, -0.15) is 0 Å². The van der Waals surface area contributed by atoms with Crippen molar-refractivity contribution in [3.05, 3.63) is 29.3 Å². The van der Waals surface area contributed by atoms with Gasteiger partial charge in [0.2, 0.25) is 15.9 Å². The molecule has 110 valence electrons. The zero-order chi connectivity index (χ0) is 14.6. The Morgan fingerprint density at radius 3 is 2.85 bits per heavy atom. The van der Waals surface area contributed by atoms with Crippen molar-refractivity contribution in [1.29, 1.82) is 0 Å². The Hall–Kier alpha value is -1.40. The summed E-state index contributed by atoms with van der Waals surface area (Å²) in [6, 6.07) is 5.63. The molecular weight excluding hydrogens is 276 g/mol. The minimum Gasteiger partial charge on any atom is -0.326 e. The summed E-state index contributed by atoms with van der Waals surface area (Å²) in [6.45, 7) is 2.26. The molecule has 2 N–H and O–H groups in total. The zero-order valence-electron chi connectivity index (χ0n) is 11.6. The average molecular weight is 296 g/mol. The van der Waals surface area contributed by atoms with Gasteiger partial charge in [-0.05, 0) is 30.0 Å². The summed E-state index contributed by atoms with van der Waals surface area (Å²) in [4.78, 5) is 11.3. The lowest BCUT2D eigenvalue weighted by molar-refractivity contribution is -0.116. The van der Waals surface area contributed by atoms with Crippen molar-refractivity contribution in [3.8, 4) is 0 Å². The predicted molar refractivity (Wildman–Crippen MR) is 78.9 cm³/mol. The molecule has 5 nitrogen and oxygen atoms in total. The first-order valence-electron chi connectivity index (χ1n) is 6.89. The van der Waals surface area contributed by atoms with Crippen molar-refractivity contribution in [3.63, 3.8) is 0 Å². The van der Waals surface area contributed by atoms with Crippen LogP contribution in [0, 0.1) is 0 Å². The molecular formula is C14H20N2O3S. The smallest absolute Gasteiger partial charge is 0.224 e. The summed E-state index contributed by atoms with van der Waals surface area (Å²) >= 11 is 0. The molecule has 1 aromatic rings. The van der Waals surface area contributed by atoms with Crippen LogP contribution in [0.15, 0.2) is 18.2 Å². The molecule has 0 aliphatic carbocycles. The second-order valence-electron chi connectivity index (χ2n) is 5.03. The van der Waals surface area contributed by atoms with E-state index in [-0.39, 0.29) is 11.7 Å². The first-order valence-corrected chi connectivity index (χ1v) is 8.54. The Morgan fingerprint density at radius 2 is 2.10 bits per heavy atom. The lowest BCUT2D eigenvalue weighted by Gasteiger charge is -2.17. The Labute approximate surface area is 119 Å². The van der Waals surface area contributed by atoms with Crippen molar-refractivity contribution in [2.24, 2.45) is 0 Å². The summed E-state index contributed by atoms with van der Waals surface area (Å²) in [7, 11) is -3.19. The van der Waals surface area contributed by atoms with E-state index >= 15 is 0 Å². The van der Waals surface area contributed by atoms with E-state index in [9.17, 15) is 13.2 Å². The van der Waals surface area contributed by atoms with Crippen LogP contribution in [0.25, 0.3) is 0 Å². The zero-order valence-corrected chi connectivity index (χ0v) is 12.4. The second kappa shape index (κ2) is 6.37. The molecule has 0 aromatic heterocycles. The highest BCUT2D eigenvalue weighted by atomic mass is 32.2. The van der Waals surface area contributed by atoms with E-state index in [2.05, 4.69) is 10.0 Å². The largest absolute Gasteiger partial charge is 0.326 e. The van der Waals surface area contributed by atoms with E-state index in [4.69, 9.17) is 0 Å². The number of anilines is 1. The molecule has 0 radical (unpaired) electrons. The molecule has 0 saturated carbocycles. The normalized spacial score (nSPS) is 14.8. The topological polar surface area (TPSA) is 75.3 Å². The van der Waals surface area contributed by atoms with Gasteiger partial charge in [-0.3, -0.25) is 4.79 Å². The lowest BCUT2D eigenvalue weighted by Crippen LogP contribution is -2.26. The average Bonchev–Trinajstić information content (AvgIpc) is 2.43. The van der Waals surface area contributed by atoms with Crippen LogP contribution in [0.4, 0.5) is 5.69 Å². The van der Waals surface area contributed by atoms with Gasteiger partial charge in [0.15, 0.2) is 0 Å². The second-order valence-corrected chi connectivity index (χ2v) is 6.96. The number of rotatable bonds is 6. The molecule has 1 aliphatic heterocycles. The van der Waals surface area contributed by atoms with E-state index in [1.54, 1.807) is 0 Å². The van der Waals surface area contributed by atoms with Crippen LogP contribution in [0.3, 0.4) is 0 Å². The molecule has 0 spiro atoms. The Bertz CT molecular complexity index is 596. The van der Waals surface area contributed by atoms with Crippen LogP contribution in [0.1, 0.15) is 37.3 Å². The first-order chi connectivity index (χ1) is 9.50. The maximum atomic E-state index is 11.7. The molecule has 1 aromatic carbocycles. The van der Waals surface area contributed by atoms with Gasteiger partial charge < -0.3 is 5.32 Å². The van der Waals surface area contributed by atoms with E-state index < -0.39 is 10.0 Å². The van der Waals surface area contributed by atoms with Crippen molar-refractivity contribution in [2.45, 2.75) is 39.2 Å².